The highest BCUT2D eigenvalue weighted by molar-refractivity contribution is 5.98. The molecule has 0 radical (unpaired) electrons. The summed E-state index contributed by atoms with van der Waals surface area (Å²) in [7, 11) is 3.18. The molecule has 2 atom stereocenters. The summed E-state index contributed by atoms with van der Waals surface area (Å²) < 4.78 is 12.1. The number of hydrazone groups is 1. The van der Waals surface area contributed by atoms with Crippen LogP contribution in [-0.4, -0.2) is 43.0 Å². The number of hydrogen-bond acceptors (Lipinski definition) is 4. The average molecular weight is 430 g/mol. The number of nitrogens with one attached hydrogen (secondary N) is 2. The zero-order chi connectivity index (χ0) is 22.5. The lowest BCUT2D eigenvalue weighted by Gasteiger charge is -2.15. The van der Waals surface area contributed by atoms with Crippen molar-refractivity contribution in [2.24, 2.45) is 0 Å². The third-order valence-corrected chi connectivity index (χ3v) is 5.32. The number of benzene rings is 3. The Morgan fingerprint density at radius 1 is 0.906 bits per heavy atom. The van der Waals surface area contributed by atoms with Gasteiger partial charge in [0.2, 0.25) is 12.3 Å². The van der Waals surface area contributed by atoms with Crippen LogP contribution in [0.1, 0.15) is 27.5 Å². The van der Waals surface area contributed by atoms with E-state index in [0.717, 1.165) is 16.9 Å². The van der Waals surface area contributed by atoms with Gasteiger partial charge in [-0.05, 0) is 48.5 Å². The zero-order valence-corrected chi connectivity index (χ0v) is 17.8. The molecule has 0 saturated carbocycles. The molecule has 4 rings (SSSR count). The Morgan fingerprint density at radius 3 is 2.09 bits per heavy atom. The lowest BCUT2D eigenvalue weighted by atomic mass is 10.00. The van der Waals surface area contributed by atoms with Crippen LogP contribution in [0, 0.1) is 0 Å². The number of carbonyl (C=O) groups excluding carboxylic acids is 2. The van der Waals surface area contributed by atoms with Gasteiger partial charge in [0.05, 0.1) is 14.2 Å². The average Bonchev–Trinajstić information content (AvgIpc) is 3.14. The van der Waals surface area contributed by atoms with Gasteiger partial charge in [0.25, 0.3) is 5.91 Å². The molecule has 0 spiro atoms. The maximum absolute atomic E-state index is 12.9. The highest BCUT2D eigenvalue weighted by Gasteiger charge is 2.47. The first kappa shape index (κ1) is 21.1. The summed E-state index contributed by atoms with van der Waals surface area (Å²) >= 11 is 0. The fourth-order valence-corrected chi connectivity index (χ4v) is 3.65. The lowest BCUT2D eigenvalue weighted by Crippen LogP contribution is -2.42. The Kier molecular flexibility index (Phi) is 6.17. The van der Waals surface area contributed by atoms with Crippen molar-refractivity contribution in [1.82, 2.24) is 10.7 Å². The standard InChI is InChI=1S/C25H23N3O4/c1-31-20-12-8-17(9-13-20)16-28-23(18-6-4-3-5-7-18)22(25(30)27-28)26-24(29)19-10-14-21(32-2)15-11-19/h3-16,22-23H,1-2H3,(H-,26,27,29,30)/p+1/b28-16-/t22-,23+/m0/s1. The van der Waals surface area contributed by atoms with Crippen molar-refractivity contribution in [2.75, 3.05) is 14.2 Å². The van der Waals surface area contributed by atoms with Gasteiger partial charge in [-0.15, -0.1) is 10.1 Å². The lowest BCUT2D eigenvalue weighted by molar-refractivity contribution is -0.596. The quantitative estimate of drug-likeness (QED) is 0.590. The van der Waals surface area contributed by atoms with Crippen molar-refractivity contribution in [1.29, 1.82) is 0 Å². The molecule has 1 aliphatic heterocycles. The van der Waals surface area contributed by atoms with Gasteiger partial charge in [0.15, 0.2) is 6.04 Å². The molecule has 0 unspecified atom stereocenters. The summed E-state index contributed by atoms with van der Waals surface area (Å²) in [4.78, 5) is 25.8. The van der Waals surface area contributed by atoms with Gasteiger partial charge in [-0.3, -0.25) is 9.59 Å². The molecule has 0 bridgehead atoms. The Balaban J connectivity index is 1.65. The van der Waals surface area contributed by atoms with E-state index in [2.05, 4.69) is 10.7 Å². The number of carbonyl (C=O) groups is 2. The van der Waals surface area contributed by atoms with Crippen molar-refractivity contribution >= 4 is 18.0 Å². The molecule has 162 valence electrons. The van der Waals surface area contributed by atoms with Gasteiger partial charge in [-0.25, -0.2) is 0 Å². The summed E-state index contributed by atoms with van der Waals surface area (Å²) in [6.07, 6.45) is 1.84. The van der Waals surface area contributed by atoms with Crippen LogP contribution < -0.4 is 20.2 Å². The van der Waals surface area contributed by atoms with Gasteiger partial charge in [0, 0.05) is 16.7 Å². The van der Waals surface area contributed by atoms with Crippen LogP contribution in [0.15, 0.2) is 78.9 Å². The van der Waals surface area contributed by atoms with E-state index in [1.807, 2.05) is 60.8 Å². The van der Waals surface area contributed by atoms with Crippen LogP contribution in [0.4, 0.5) is 0 Å². The number of amides is 2. The van der Waals surface area contributed by atoms with E-state index in [9.17, 15) is 9.59 Å². The Morgan fingerprint density at radius 2 is 1.50 bits per heavy atom. The molecule has 2 N–H and O–H groups in total. The summed E-state index contributed by atoms with van der Waals surface area (Å²) in [5.41, 5.74) is 5.11. The third kappa shape index (κ3) is 4.46. The summed E-state index contributed by atoms with van der Waals surface area (Å²) in [5, 5.41) is 2.89. The molecule has 7 heteroatoms. The Hall–Kier alpha value is -4.13. The van der Waals surface area contributed by atoms with E-state index >= 15 is 0 Å². The fraction of sp³-hybridized carbons (Fsp3) is 0.160. The number of rotatable bonds is 6. The molecule has 0 aliphatic carbocycles. The van der Waals surface area contributed by atoms with Crippen molar-refractivity contribution < 1.29 is 23.7 Å². The maximum atomic E-state index is 12.9. The van der Waals surface area contributed by atoms with Crippen LogP contribution in [0.25, 0.3) is 0 Å². The van der Waals surface area contributed by atoms with Gasteiger partial charge < -0.3 is 14.8 Å². The minimum absolute atomic E-state index is 0.287. The van der Waals surface area contributed by atoms with E-state index in [4.69, 9.17) is 9.47 Å². The number of nitrogens with zero attached hydrogens (tertiary/aromatic N) is 1. The van der Waals surface area contributed by atoms with Crippen LogP contribution in [0.2, 0.25) is 0 Å². The van der Waals surface area contributed by atoms with Crippen LogP contribution in [0.3, 0.4) is 0 Å². The fourth-order valence-electron chi connectivity index (χ4n) is 3.65. The smallest absolute Gasteiger partial charge is 0.304 e. The molecular weight excluding hydrogens is 406 g/mol. The number of hydrogen-bond donors (Lipinski definition) is 2. The molecule has 1 saturated heterocycles. The van der Waals surface area contributed by atoms with Crippen LogP contribution >= 0.6 is 0 Å². The molecule has 1 fully saturated rings. The number of methoxy groups -OCH3 is 2. The SMILES string of the molecule is COc1ccc(/C=[N+]2\NC(=O)[C@@H](NC(=O)c3ccc(OC)cc3)[C@H]2c2ccccc2)cc1. The van der Waals surface area contributed by atoms with Crippen molar-refractivity contribution in [3.63, 3.8) is 0 Å². The summed E-state index contributed by atoms with van der Waals surface area (Å²) in [6.45, 7) is 0. The molecule has 32 heavy (non-hydrogen) atoms. The molecule has 2 amide bonds. The zero-order valence-electron chi connectivity index (χ0n) is 17.8. The Bertz CT molecular complexity index is 1130. The minimum atomic E-state index is -0.776. The topological polar surface area (TPSA) is 79.7 Å². The van der Waals surface area contributed by atoms with Crippen molar-refractivity contribution in [3.8, 4) is 11.5 Å². The normalized spacial score (nSPS) is 18.8. The summed E-state index contributed by atoms with van der Waals surface area (Å²) in [6, 6.07) is 22.7. The molecule has 1 aliphatic rings. The molecular formula is C25H24N3O4+. The second-order valence-electron chi connectivity index (χ2n) is 7.32. The van der Waals surface area contributed by atoms with Gasteiger partial charge >= 0.3 is 5.91 Å². The minimum Gasteiger partial charge on any atom is -0.497 e. The van der Waals surface area contributed by atoms with Gasteiger partial charge in [0.1, 0.15) is 11.5 Å². The van der Waals surface area contributed by atoms with Crippen LogP contribution in [-0.2, 0) is 4.79 Å². The van der Waals surface area contributed by atoms with Crippen molar-refractivity contribution in [2.45, 2.75) is 12.1 Å². The maximum Gasteiger partial charge on any atom is 0.304 e. The molecule has 7 nitrogen and oxygen atoms in total. The molecule has 0 aromatic heterocycles. The predicted molar refractivity (Wildman–Crippen MR) is 120 cm³/mol. The monoisotopic (exact) mass is 430 g/mol. The van der Waals surface area contributed by atoms with E-state index in [-0.39, 0.29) is 11.8 Å². The van der Waals surface area contributed by atoms with E-state index in [1.54, 1.807) is 43.2 Å². The van der Waals surface area contributed by atoms with E-state index in [1.165, 1.54) is 0 Å². The van der Waals surface area contributed by atoms with Crippen LogP contribution in [0.5, 0.6) is 11.5 Å². The van der Waals surface area contributed by atoms with Gasteiger partial charge in [-0.2, -0.15) is 0 Å². The highest BCUT2D eigenvalue weighted by Crippen LogP contribution is 2.25. The number of hydrazine groups is 1. The Labute approximate surface area is 186 Å². The first-order chi connectivity index (χ1) is 15.6. The molecule has 1 heterocycles. The van der Waals surface area contributed by atoms with E-state index < -0.39 is 12.1 Å². The second kappa shape index (κ2) is 9.34. The highest BCUT2D eigenvalue weighted by atomic mass is 16.5. The van der Waals surface area contributed by atoms with Gasteiger partial charge in [-0.1, -0.05) is 30.3 Å². The first-order valence-corrected chi connectivity index (χ1v) is 10.2. The summed E-state index contributed by atoms with van der Waals surface area (Å²) in [5.74, 6) is 0.782. The number of ether oxygens (including phenoxy) is 2. The van der Waals surface area contributed by atoms with E-state index in [0.29, 0.717) is 11.3 Å². The predicted octanol–water partition coefficient (Wildman–Crippen LogP) is 2.72. The molecule has 3 aromatic rings. The molecule has 3 aromatic carbocycles. The largest absolute Gasteiger partial charge is 0.497 e. The third-order valence-electron chi connectivity index (χ3n) is 5.32. The van der Waals surface area contributed by atoms with Crippen molar-refractivity contribution in [3.05, 3.63) is 95.6 Å². The second-order valence-corrected chi connectivity index (χ2v) is 7.32. The first-order valence-electron chi connectivity index (χ1n) is 10.2.